The van der Waals surface area contributed by atoms with E-state index in [1.165, 1.54) is 0 Å². The molecular weight excluding hydrogens is 310 g/mol. The maximum Gasteiger partial charge on any atom is 0.264 e. The van der Waals surface area contributed by atoms with Gasteiger partial charge in [-0.05, 0) is 62.1 Å². The van der Waals surface area contributed by atoms with Crippen molar-refractivity contribution in [2.45, 2.75) is 38.1 Å². The second kappa shape index (κ2) is 5.57. The first-order valence-corrected chi connectivity index (χ1v) is 9.08. The number of anilines is 1. The van der Waals surface area contributed by atoms with Gasteiger partial charge in [0.15, 0.2) is 0 Å². The highest BCUT2D eigenvalue weighted by molar-refractivity contribution is 7.93. The summed E-state index contributed by atoms with van der Waals surface area (Å²) in [6.45, 7) is 5.66. The van der Waals surface area contributed by atoms with E-state index in [1.54, 1.807) is 23.5 Å². The van der Waals surface area contributed by atoms with Gasteiger partial charge in [0.2, 0.25) is 0 Å². The predicted molar refractivity (Wildman–Crippen MR) is 91.7 cm³/mol. The van der Waals surface area contributed by atoms with E-state index in [-0.39, 0.29) is 6.04 Å². The number of hydrogen-bond acceptors (Lipinski definition) is 3. The molecule has 1 aliphatic rings. The van der Waals surface area contributed by atoms with Crippen molar-refractivity contribution in [2.75, 3.05) is 11.4 Å². The monoisotopic (exact) mass is 331 g/mol. The van der Waals surface area contributed by atoms with Crippen molar-refractivity contribution in [3.63, 3.8) is 0 Å². The van der Waals surface area contributed by atoms with Crippen LogP contribution in [0.1, 0.15) is 23.6 Å². The molecule has 0 bridgehead atoms. The fourth-order valence-corrected chi connectivity index (χ4v) is 5.26. The van der Waals surface area contributed by atoms with Gasteiger partial charge in [0.25, 0.3) is 10.0 Å². The summed E-state index contributed by atoms with van der Waals surface area (Å²) in [4.78, 5) is 0.347. The maximum absolute atomic E-state index is 13.3. The molecule has 122 valence electrons. The topological polar surface area (TPSA) is 46.6 Å². The molecular formula is C18H21NO3S. The number of nitrogens with zero attached hydrogens (tertiary/aromatic N) is 1. The van der Waals surface area contributed by atoms with Crippen LogP contribution in [0.5, 0.6) is 5.75 Å². The summed E-state index contributed by atoms with van der Waals surface area (Å²) < 4.78 is 33.4. The molecule has 2 aromatic carbocycles. The Morgan fingerprint density at radius 1 is 1.09 bits per heavy atom. The SMILES string of the molecule is COc1ccc(S(=O)(=O)N2c3ccccc3C[C@@H]2C)c(C)c1C. The van der Waals surface area contributed by atoms with Crippen molar-refractivity contribution in [2.24, 2.45) is 0 Å². The van der Waals surface area contributed by atoms with Gasteiger partial charge in [-0.2, -0.15) is 0 Å². The minimum atomic E-state index is -3.60. The average Bonchev–Trinajstić information content (AvgIpc) is 2.86. The lowest BCUT2D eigenvalue weighted by atomic mass is 10.1. The van der Waals surface area contributed by atoms with E-state index in [0.717, 1.165) is 28.8 Å². The van der Waals surface area contributed by atoms with Crippen molar-refractivity contribution in [3.05, 3.63) is 53.1 Å². The molecule has 0 N–H and O–H groups in total. The molecule has 5 heteroatoms. The van der Waals surface area contributed by atoms with E-state index in [4.69, 9.17) is 4.74 Å². The molecule has 0 spiro atoms. The highest BCUT2D eigenvalue weighted by Gasteiger charge is 2.36. The van der Waals surface area contributed by atoms with E-state index in [9.17, 15) is 8.42 Å². The minimum Gasteiger partial charge on any atom is -0.496 e. The van der Waals surface area contributed by atoms with Gasteiger partial charge in [0.05, 0.1) is 17.7 Å². The van der Waals surface area contributed by atoms with Crippen LogP contribution < -0.4 is 9.04 Å². The van der Waals surface area contributed by atoms with Crippen molar-refractivity contribution >= 4 is 15.7 Å². The lowest BCUT2D eigenvalue weighted by molar-refractivity contribution is 0.410. The third-order valence-electron chi connectivity index (χ3n) is 4.59. The molecule has 0 aromatic heterocycles. The standard InChI is InChI=1S/C18H21NO3S/c1-12-11-15-7-5-6-8-16(15)19(12)23(20,21)18-10-9-17(22-4)13(2)14(18)3/h5-10,12H,11H2,1-4H3/t12-/m0/s1. The van der Waals surface area contributed by atoms with E-state index in [0.29, 0.717) is 10.6 Å². The van der Waals surface area contributed by atoms with E-state index in [2.05, 4.69) is 0 Å². The molecule has 0 aliphatic carbocycles. The van der Waals surface area contributed by atoms with Gasteiger partial charge >= 0.3 is 0 Å². The van der Waals surface area contributed by atoms with Crippen LogP contribution in [0.15, 0.2) is 41.3 Å². The Bertz CT molecular complexity index is 859. The first kappa shape index (κ1) is 15.9. The third kappa shape index (κ3) is 2.39. The van der Waals surface area contributed by atoms with Crippen LogP contribution in [0.4, 0.5) is 5.69 Å². The molecule has 0 amide bonds. The molecule has 1 aliphatic heterocycles. The predicted octanol–water partition coefficient (Wildman–Crippen LogP) is 3.45. The molecule has 23 heavy (non-hydrogen) atoms. The fraction of sp³-hybridized carbons (Fsp3) is 0.333. The van der Waals surface area contributed by atoms with Gasteiger partial charge < -0.3 is 4.74 Å². The van der Waals surface area contributed by atoms with Crippen molar-refractivity contribution < 1.29 is 13.2 Å². The van der Waals surface area contributed by atoms with E-state index in [1.807, 2.05) is 45.0 Å². The van der Waals surface area contributed by atoms with E-state index < -0.39 is 10.0 Å². The molecule has 1 atom stereocenters. The number of benzene rings is 2. The van der Waals surface area contributed by atoms with Crippen molar-refractivity contribution in [1.29, 1.82) is 0 Å². The Morgan fingerprint density at radius 3 is 2.48 bits per heavy atom. The summed E-state index contributed by atoms with van der Waals surface area (Å²) in [5, 5.41) is 0. The molecule has 0 radical (unpaired) electrons. The second-order valence-electron chi connectivity index (χ2n) is 6.00. The Hall–Kier alpha value is -2.01. The zero-order valence-corrected chi connectivity index (χ0v) is 14.6. The largest absolute Gasteiger partial charge is 0.496 e. The molecule has 4 nitrogen and oxygen atoms in total. The van der Waals surface area contributed by atoms with Crippen LogP contribution in [-0.2, 0) is 16.4 Å². The maximum atomic E-state index is 13.3. The smallest absolute Gasteiger partial charge is 0.264 e. The normalized spacial score (nSPS) is 17.2. The highest BCUT2D eigenvalue weighted by Crippen LogP contribution is 2.38. The summed E-state index contributed by atoms with van der Waals surface area (Å²) in [7, 11) is -2.01. The van der Waals surface area contributed by atoms with Crippen LogP contribution in [0.25, 0.3) is 0 Å². The number of rotatable bonds is 3. The van der Waals surface area contributed by atoms with Gasteiger partial charge in [-0.3, -0.25) is 4.31 Å². The van der Waals surface area contributed by atoms with Gasteiger partial charge in [0, 0.05) is 6.04 Å². The second-order valence-corrected chi connectivity index (χ2v) is 7.78. The zero-order valence-electron chi connectivity index (χ0n) is 13.8. The number of fused-ring (bicyclic) bond motifs is 1. The number of hydrogen-bond donors (Lipinski definition) is 0. The van der Waals surface area contributed by atoms with Gasteiger partial charge in [-0.1, -0.05) is 18.2 Å². The minimum absolute atomic E-state index is 0.0841. The Kier molecular flexibility index (Phi) is 3.84. The van der Waals surface area contributed by atoms with Gasteiger partial charge in [-0.25, -0.2) is 8.42 Å². The number of para-hydroxylation sites is 1. The van der Waals surface area contributed by atoms with Crippen molar-refractivity contribution in [3.8, 4) is 5.75 Å². The summed E-state index contributed by atoms with van der Waals surface area (Å²) in [5.41, 5.74) is 3.45. The number of sulfonamides is 1. The quantitative estimate of drug-likeness (QED) is 0.865. The van der Waals surface area contributed by atoms with Gasteiger partial charge in [-0.15, -0.1) is 0 Å². The fourth-order valence-electron chi connectivity index (χ4n) is 3.28. The first-order chi connectivity index (χ1) is 10.9. The molecule has 3 rings (SSSR count). The first-order valence-electron chi connectivity index (χ1n) is 7.64. The van der Waals surface area contributed by atoms with Crippen LogP contribution in [0.2, 0.25) is 0 Å². The highest BCUT2D eigenvalue weighted by atomic mass is 32.2. The molecule has 2 aromatic rings. The molecule has 0 fully saturated rings. The number of ether oxygens (including phenoxy) is 1. The molecule has 0 unspecified atom stereocenters. The Labute approximate surface area is 137 Å². The summed E-state index contributed by atoms with van der Waals surface area (Å²) in [6, 6.07) is 11.0. The van der Waals surface area contributed by atoms with Crippen molar-refractivity contribution in [1.82, 2.24) is 0 Å². The average molecular weight is 331 g/mol. The zero-order chi connectivity index (χ0) is 16.8. The summed E-state index contributed by atoms with van der Waals surface area (Å²) in [6.07, 6.45) is 0.740. The molecule has 0 saturated heterocycles. The van der Waals surface area contributed by atoms with Gasteiger partial charge in [0.1, 0.15) is 5.75 Å². The Balaban J connectivity index is 2.15. The third-order valence-corrected chi connectivity index (χ3v) is 6.66. The van der Waals surface area contributed by atoms with E-state index >= 15 is 0 Å². The van der Waals surface area contributed by atoms with Crippen LogP contribution in [0.3, 0.4) is 0 Å². The summed E-state index contributed by atoms with van der Waals surface area (Å²) in [5.74, 6) is 0.705. The lowest BCUT2D eigenvalue weighted by Gasteiger charge is -2.26. The lowest BCUT2D eigenvalue weighted by Crippen LogP contribution is -2.36. The Morgan fingerprint density at radius 2 is 1.78 bits per heavy atom. The van der Waals surface area contributed by atoms with Crippen LogP contribution in [0, 0.1) is 13.8 Å². The number of methoxy groups -OCH3 is 1. The molecule has 1 heterocycles. The van der Waals surface area contributed by atoms with Crippen LogP contribution >= 0.6 is 0 Å². The van der Waals surface area contributed by atoms with Crippen LogP contribution in [-0.4, -0.2) is 21.6 Å². The summed E-state index contributed by atoms with van der Waals surface area (Å²) >= 11 is 0. The molecule has 0 saturated carbocycles.